The number of hydrogen-bond acceptors (Lipinski definition) is 6. The van der Waals surface area contributed by atoms with Gasteiger partial charge in [-0.25, -0.2) is 4.98 Å². The van der Waals surface area contributed by atoms with E-state index in [4.69, 9.17) is 21.5 Å². The summed E-state index contributed by atoms with van der Waals surface area (Å²) in [5, 5.41) is 11.9. The summed E-state index contributed by atoms with van der Waals surface area (Å²) in [5.74, 6) is 0.586. The van der Waals surface area contributed by atoms with Crippen LogP contribution >= 0.6 is 11.6 Å². The minimum atomic E-state index is -0.399. The number of halogens is 1. The molecule has 0 bridgehead atoms. The van der Waals surface area contributed by atoms with E-state index >= 15 is 0 Å². The highest BCUT2D eigenvalue weighted by atomic mass is 35.5. The van der Waals surface area contributed by atoms with Crippen molar-refractivity contribution in [2.45, 2.75) is 19.4 Å². The molecule has 7 heteroatoms. The van der Waals surface area contributed by atoms with Crippen LogP contribution in [0.25, 0.3) is 0 Å². The summed E-state index contributed by atoms with van der Waals surface area (Å²) < 4.78 is 5.77. The Hall–Kier alpha value is -2.44. The molecule has 3 rings (SSSR count). The van der Waals surface area contributed by atoms with Crippen LogP contribution in [0.3, 0.4) is 0 Å². The Balaban J connectivity index is 1.42. The third-order valence-electron chi connectivity index (χ3n) is 4.67. The number of nitrogens with zero attached hydrogens (tertiary/aromatic N) is 3. The Bertz CT molecular complexity index is 787. The first kappa shape index (κ1) is 19.3. The average Bonchev–Trinajstić information content (AvgIpc) is 2.68. The highest BCUT2D eigenvalue weighted by molar-refractivity contribution is 6.35. The zero-order valence-electron chi connectivity index (χ0n) is 14.9. The van der Waals surface area contributed by atoms with Gasteiger partial charge in [0.1, 0.15) is 6.21 Å². The van der Waals surface area contributed by atoms with E-state index in [2.05, 4.69) is 21.1 Å². The standard InChI is InChI=1S/C20H22ClN3O3/c21-18-3-1-2-16(10-18)13-24-8-6-15(7-9-24)14-27-20-5-4-17(11-22-20)19(25)12-23-26/h1-5,10-12,15,26H,6-9,13-14H2/b23-12+. The molecule has 1 aromatic heterocycles. The molecule has 2 aromatic rings. The molecule has 0 spiro atoms. The van der Waals surface area contributed by atoms with Gasteiger partial charge in [0.25, 0.3) is 0 Å². The number of carbonyl (C=O) groups excluding carboxylic acids is 1. The van der Waals surface area contributed by atoms with Gasteiger partial charge in [-0.3, -0.25) is 9.69 Å². The van der Waals surface area contributed by atoms with Crippen molar-refractivity contribution >= 4 is 23.6 Å². The highest BCUT2D eigenvalue weighted by Gasteiger charge is 2.20. The molecule has 2 heterocycles. The van der Waals surface area contributed by atoms with Crippen molar-refractivity contribution in [2.24, 2.45) is 11.1 Å². The molecule has 27 heavy (non-hydrogen) atoms. The maximum Gasteiger partial charge on any atom is 0.213 e. The number of piperidine rings is 1. The van der Waals surface area contributed by atoms with Crippen molar-refractivity contribution in [1.82, 2.24) is 9.88 Å². The lowest BCUT2D eigenvalue weighted by Crippen LogP contribution is -2.35. The molecule has 0 atom stereocenters. The van der Waals surface area contributed by atoms with Gasteiger partial charge in [0.05, 0.1) is 6.61 Å². The van der Waals surface area contributed by atoms with E-state index in [0.717, 1.165) is 43.7 Å². The fraction of sp³-hybridized carbons (Fsp3) is 0.350. The minimum Gasteiger partial charge on any atom is -0.477 e. The third-order valence-corrected chi connectivity index (χ3v) is 4.90. The van der Waals surface area contributed by atoms with Gasteiger partial charge in [0.15, 0.2) is 0 Å². The number of ether oxygens (including phenoxy) is 1. The van der Waals surface area contributed by atoms with Crippen molar-refractivity contribution in [1.29, 1.82) is 0 Å². The van der Waals surface area contributed by atoms with E-state index in [1.54, 1.807) is 12.1 Å². The van der Waals surface area contributed by atoms with E-state index in [1.165, 1.54) is 11.8 Å². The Morgan fingerprint density at radius 1 is 1.33 bits per heavy atom. The van der Waals surface area contributed by atoms with Crippen molar-refractivity contribution < 1.29 is 14.7 Å². The predicted octanol–water partition coefficient (Wildman–Crippen LogP) is 3.67. The van der Waals surface area contributed by atoms with Gasteiger partial charge in [0.2, 0.25) is 11.7 Å². The third kappa shape index (κ3) is 5.77. The predicted molar refractivity (Wildman–Crippen MR) is 104 cm³/mol. The van der Waals surface area contributed by atoms with E-state index < -0.39 is 5.78 Å². The number of Topliss-reactive ketones (excluding diaryl/α,β-unsaturated/α-hetero) is 1. The lowest BCUT2D eigenvalue weighted by Gasteiger charge is -2.31. The quantitative estimate of drug-likeness (QED) is 0.339. The van der Waals surface area contributed by atoms with E-state index in [1.807, 2.05) is 18.2 Å². The highest BCUT2D eigenvalue weighted by Crippen LogP contribution is 2.21. The van der Waals surface area contributed by atoms with Crippen molar-refractivity contribution in [3.8, 4) is 5.88 Å². The normalized spacial score (nSPS) is 15.9. The van der Waals surface area contributed by atoms with Gasteiger partial charge >= 0.3 is 0 Å². The molecule has 1 fully saturated rings. The van der Waals surface area contributed by atoms with Crippen LogP contribution in [0.4, 0.5) is 0 Å². The smallest absolute Gasteiger partial charge is 0.213 e. The molecular formula is C20H22ClN3O3. The summed E-state index contributed by atoms with van der Waals surface area (Å²) in [6.07, 6.45) is 4.41. The molecule has 6 nitrogen and oxygen atoms in total. The van der Waals surface area contributed by atoms with Crippen LogP contribution in [-0.4, -0.2) is 46.8 Å². The number of rotatable bonds is 7. The second-order valence-corrected chi connectivity index (χ2v) is 7.09. The zero-order valence-corrected chi connectivity index (χ0v) is 15.7. The molecule has 0 unspecified atom stereocenters. The molecular weight excluding hydrogens is 366 g/mol. The lowest BCUT2D eigenvalue weighted by molar-refractivity contribution is 0.106. The molecule has 1 aromatic carbocycles. The number of ketones is 1. The van der Waals surface area contributed by atoms with Crippen molar-refractivity contribution in [2.75, 3.05) is 19.7 Å². The fourth-order valence-corrected chi connectivity index (χ4v) is 3.36. The second kappa shape index (κ2) is 9.48. The number of benzene rings is 1. The fourth-order valence-electron chi connectivity index (χ4n) is 3.15. The van der Waals surface area contributed by atoms with Crippen LogP contribution in [0.15, 0.2) is 47.8 Å². The molecule has 1 N–H and O–H groups in total. The SMILES string of the molecule is O=C(/C=N/O)c1ccc(OCC2CCN(Cc3cccc(Cl)c3)CC2)nc1. The van der Waals surface area contributed by atoms with Crippen LogP contribution in [-0.2, 0) is 6.54 Å². The first-order valence-electron chi connectivity index (χ1n) is 8.91. The van der Waals surface area contributed by atoms with Crippen LogP contribution < -0.4 is 4.74 Å². The topological polar surface area (TPSA) is 75.0 Å². The summed E-state index contributed by atoms with van der Waals surface area (Å²) in [6, 6.07) is 11.3. The van der Waals surface area contributed by atoms with Gasteiger partial charge < -0.3 is 9.94 Å². The number of hydrogen-bond donors (Lipinski definition) is 1. The van der Waals surface area contributed by atoms with Crippen molar-refractivity contribution in [3.63, 3.8) is 0 Å². The summed E-state index contributed by atoms with van der Waals surface area (Å²) in [5.41, 5.74) is 1.59. The van der Waals surface area contributed by atoms with Crippen LogP contribution in [0.2, 0.25) is 5.02 Å². The van der Waals surface area contributed by atoms with Gasteiger partial charge in [-0.1, -0.05) is 28.9 Å². The Morgan fingerprint density at radius 2 is 2.15 bits per heavy atom. The first-order valence-corrected chi connectivity index (χ1v) is 9.29. The second-order valence-electron chi connectivity index (χ2n) is 6.65. The Morgan fingerprint density at radius 3 is 2.81 bits per heavy atom. The minimum absolute atomic E-state index is 0.356. The summed E-state index contributed by atoms with van der Waals surface area (Å²) in [4.78, 5) is 18.1. The molecule has 0 amide bonds. The Labute approximate surface area is 163 Å². The Kier molecular flexibility index (Phi) is 6.79. The molecule has 0 radical (unpaired) electrons. The summed E-state index contributed by atoms with van der Waals surface area (Å²) in [6.45, 7) is 3.59. The largest absolute Gasteiger partial charge is 0.477 e. The number of carbonyl (C=O) groups is 1. The molecule has 0 aliphatic carbocycles. The molecule has 1 aliphatic rings. The molecule has 1 aliphatic heterocycles. The van der Waals surface area contributed by atoms with E-state index in [-0.39, 0.29) is 0 Å². The van der Waals surface area contributed by atoms with Gasteiger partial charge in [-0.05, 0) is 55.6 Å². The summed E-state index contributed by atoms with van der Waals surface area (Å²) in [7, 11) is 0. The summed E-state index contributed by atoms with van der Waals surface area (Å²) >= 11 is 6.05. The lowest BCUT2D eigenvalue weighted by atomic mass is 9.97. The number of aromatic nitrogens is 1. The van der Waals surface area contributed by atoms with Crippen molar-refractivity contribution in [3.05, 3.63) is 58.7 Å². The van der Waals surface area contributed by atoms with Gasteiger partial charge in [0, 0.05) is 29.4 Å². The number of oxime groups is 1. The number of likely N-dealkylation sites (tertiary alicyclic amines) is 1. The maximum atomic E-state index is 11.5. The molecule has 1 saturated heterocycles. The zero-order chi connectivity index (χ0) is 19.1. The number of pyridine rings is 1. The van der Waals surface area contributed by atoms with Gasteiger partial charge in [-0.15, -0.1) is 0 Å². The van der Waals surface area contributed by atoms with Crippen LogP contribution in [0, 0.1) is 5.92 Å². The van der Waals surface area contributed by atoms with E-state index in [9.17, 15) is 4.79 Å². The van der Waals surface area contributed by atoms with Gasteiger partial charge in [-0.2, -0.15) is 0 Å². The molecule has 142 valence electrons. The average molecular weight is 388 g/mol. The van der Waals surface area contributed by atoms with Crippen LogP contribution in [0.1, 0.15) is 28.8 Å². The monoisotopic (exact) mass is 387 g/mol. The van der Waals surface area contributed by atoms with E-state index in [0.29, 0.717) is 24.0 Å². The maximum absolute atomic E-state index is 11.5. The van der Waals surface area contributed by atoms with Crippen LogP contribution in [0.5, 0.6) is 5.88 Å². The molecule has 0 saturated carbocycles. The first-order chi connectivity index (χ1) is 13.1.